The van der Waals surface area contributed by atoms with Crippen molar-refractivity contribution >= 4 is 5.97 Å². The normalized spacial score (nSPS) is 45.1. The lowest BCUT2D eigenvalue weighted by Crippen LogP contribution is -2.60. The van der Waals surface area contributed by atoms with Gasteiger partial charge in [0.1, 0.15) is 0 Å². The van der Waals surface area contributed by atoms with Crippen LogP contribution in [0.4, 0.5) is 13.2 Å². The molecule has 1 N–H and O–H groups in total. The summed E-state index contributed by atoms with van der Waals surface area (Å²) in [6, 6.07) is 0. The van der Waals surface area contributed by atoms with Gasteiger partial charge in [-0.2, -0.15) is 13.2 Å². The highest BCUT2D eigenvalue weighted by Gasteiger charge is 2.67. The predicted octanol–water partition coefficient (Wildman–Crippen LogP) is 7.70. The van der Waals surface area contributed by atoms with Crippen molar-refractivity contribution in [1.82, 2.24) is 0 Å². The Morgan fingerprint density at radius 3 is 2.31 bits per heavy atom. The number of aliphatic hydroxyl groups is 1. The Morgan fingerprint density at radius 1 is 1.00 bits per heavy atom. The lowest BCUT2D eigenvalue weighted by Gasteiger charge is -2.62. The number of halogens is 3. The molecule has 4 saturated carbocycles. The van der Waals surface area contributed by atoms with Gasteiger partial charge in [0.15, 0.2) is 0 Å². The fourth-order valence-corrected chi connectivity index (χ4v) is 9.47. The quantitative estimate of drug-likeness (QED) is 0.380. The first kappa shape index (κ1) is 27.3. The molecule has 0 heterocycles. The minimum Gasteiger partial charge on any atom is -0.449 e. The average Bonchev–Trinajstić information content (AvgIpc) is 3.13. The number of esters is 1. The van der Waals surface area contributed by atoms with Gasteiger partial charge in [-0.25, -0.2) is 0 Å². The summed E-state index contributed by atoms with van der Waals surface area (Å²) in [5.74, 6) is 1.65. The Labute approximate surface area is 210 Å². The van der Waals surface area contributed by atoms with E-state index in [-0.39, 0.29) is 48.0 Å². The van der Waals surface area contributed by atoms with E-state index in [1.165, 1.54) is 6.42 Å². The number of unbranched alkanes of at least 4 members (excludes halogenated alkanes) is 1. The molecule has 0 aromatic rings. The molecule has 0 bridgehead atoms. The highest BCUT2D eigenvalue weighted by Crippen LogP contribution is 2.69. The second kappa shape index (κ2) is 9.51. The lowest BCUT2D eigenvalue weighted by atomic mass is 9.43. The molecule has 0 radical (unpaired) electrons. The smallest absolute Gasteiger partial charge is 0.428 e. The Kier molecular flexibility index (Phi) is 7.41. The zero-order chi connectivity index (χ0) is 25.8. The van der Waals surface area contributed by atoms with Crippen LogP contribution in [0.25, 0.3) is 0 Å². The number of carbonyl (C=O) groups excluding carboxylic acids is 1. The van der Waals surface area contributed by atoms with Gasteiger partial charge in [0, 0.05) is 6.42 Å². The number of alkyl halides is 3. The van der Waals surface area contributed by atoms with Gasteiger partial charge in [-0.3, -0.25) is 4.79 Å². The van der Waals surface area contributed by atoms with Gasteiger partial charge in [0.2, 0.25) is 5.60 Å². The predicted molar refractivity (Wildman–Crippen MR) is 130 cm³/mol. The summed E-state index contributed by atoms with van der Waals surface area (Å²) in [6.07, 6.45) is 3.15. The largest absolute Gasteiger partial charge is 0.449 e. The van der Waals surface area contributed by atoms with E-state index >= 15 is 0 Å². The molecule has 0 saturated heterocycles. The van der Waals surface area contributed by atoms with Crippen LogP contribution in [-0.4, -0.2) is 29.0 Å². The molecule has 10 atom stereocenters. The maximum absolute atomic E-state index is 14.4. The number of fused-ring (bicyclic) bond motifs is 5. The van der Waals surface area contributed by atoms with E-state index in [1.807, 2.05) is 13.8 Å². The Hall–Kier alpha value is -0.780. The Morgan fingerprint density at radius 2 is 1.69 bits per heavy atom. The van der Waals surface area contributed by atoms with E-state index < -0.39 is 17.7 Å². The molecule has 4 rings (SSSR count). The number of carbonyl (C=O) groups is 1. The van der Waals surface area contributed by atoms with Crippen molar-refractivity contribution in [2.75, 3.05) is 0 Å². The first-order chi connectivity index (χ1) is 16.3. The summed E-state index contributed by atoms with van der Waals surface area (Å²) in [6.45, 7) is 10.7. The Bertz CT molecular complexity index is 782. The molecule has 202 valence electrons. The fourth-order valence-electron chi connectivity index (χ4n) is 9.47. The third-order valence-electron chi connectivity index (χ3n) is 11.7. The second-order valence-electron chi connectivity index (χ2n) is 13.3. The topological polar surface area (TPSA) is 46.5 Å². The monoisotopic (exact) mass is 500 g/mol. The summed E-state index contributed by atoms with van der Waals surface area (Å²) in [7, 11) is 0. The molecule has 35 heavy (non-hydrogen) atoms. The molecule has 0 amide bonds. The van der Waals surface area contributed by atoms with Crippen LogP contribution in [0.3, 0.4) is 0 Å². The van der Waals surface area contributed by atoms with Gasteiger partial charge in [-0.1, -0.05) is 34.1 Å². The maximum atomic E-state index is 14.4. The van der Waals surface area contributed by atoms with Crippen molar-refractivity contribution in [2.45, 2.75) is 130 Å². The van der Waals surface area contributed by atoms with E-state index in [0.717, 1.165) is 38.5 Å². The van der Waals surface area contributed by atoms with Crippen LogP contribution in [0.2, 0.25) is 0 Å². The molecule has 0 unspecified atom stereocenters. The number of hydrogen-bond acceptors (Lipinski definition) is 3. The third kappa shape index (κ3) is 4.46. The van der Waals surface area contributed by atoms with Crippen molar-refractivity contribution in [3.8, 4) is 0 Å². The summed E-state index contributed by atoms with van der Waals surface area (Å²) in [5, 5.41) is 10.3. The zero-order valence-electron chi connectivity index (χ0n) is 22.4. The highest BCUT2D eigenvalue weighted by molar-refractivity contribution is 5.70. The van der Waals surface area contributed by atoms with Gasteiger partial charge in [0.05, 0.1) is 6.10 Å². The number of aliphatic hydroxyl groups excluding tert-OH is 1. The minimum absolute atomic E-state index is 0.0592. The van der Waals surface area contributed by atoms with Crippen LogP contribution >= 0.6 is 0 Å². The third-order valence-corrected chi connectivity index (χ3v) is 11.7. The molecular weight excluding hydrogens is 453 g/mol. The summed E-state index contributed by atoms with van der Waals surface area (Å²) in [4.78, 5) is 12.3. The van der Waals surface area contributed by atoms with E-state index in [2.05, 4.69) is 20.8 Å². The van der Waals surface area contributed by atoms with E-state index in [1.54, 1.807) is 0 Å². The van der Waals surface area contributed by atoms with Crippen LogP contribution in [0.15, 0.2) is 0 Å². The molecule has 6 heteroatoms. The summed E-state index contributed by atoms with van der Waals surface area (Å²) >= 11 is 0. The standard InChI is InChI=1S/C29H47F3O3/c1-6-7-8-25(34)35-28(29(30,31)32)16-15-26(4)20(17-28)9-10-21-23-12-11-22(18(2)19(3)33)27(23,5)14-13-24(21)26/h18-24,33H,6-17H2,1-5H3/t18-,19-,20-,21+,22-,23+,24+,26+,27-,28-/m1/s1. The fraction of sp³-hybridized carbons (Fsp3) is 0.966. The molecule has 3 nitrogen and oxygen atoms in total. The van der Waals surface area contributed by atoms with Gasteiger partial charge in [-0.15, -0.1) is 0 Å². The van der Waals surface area contributed by atoms with Crippen LogP contribution in [0.1, 0.15) is 112 Å². The molecule has 4 aliphatic carbocycles. The van der Waals surface area contributed by atoms with Crippen molar-refractivity contribution in [2.24, 2.45) is 46.3 Å². The molecule has 0 aliphatic heterocycles. The van der Waals surface area contributed by atoms with Gasteiger partial charge in [-0.05, 0) is 117 Å². The van der Waals surface area contributed by atoms with Crippen LogP contribution < -0.4 is 0 Å². The van der Waals surface area contributed by atoms with Crippen molar-refractivity contribution in [1.29, 1.82) is 0 Å². The maximum Gasteiger partial charge on any atom is 0.428 e. The summed E-state index contributed by atoms with van der Waals surface area (Å²) < 4.78 is 48.6. The molecule has 0 aromatic carbocycles. The highest BCUT2D eigenvalue weighted by atomic mass is 19.4. The van der Waals surface area contributed by atoms with Crippen LogP contribution in [0.5, 0.6) is 0 Å². The van der Waals surface area contributed by atoms with Gasteiger partial charge < -0.3 is 9.84 Å². The van der Waals surface area contributed by atoms with E-state index in [0.29, 0.717) is 36.5 Å². The van der Waals surface area contributed by atoms with Crippen molar-refractivity contribution in [3.05, 3.63) is 0 Å². The molecular formula is C29H47F3O3. The second-order valence-corrected chi connectivity index (χ2v) is 13.3. The lowest BCUT2D eigenvalue weighted by molar-refractivity contribution is -0.297. The molecule has 0 spiro atoms. The number of hydrogen-bond donors (Lipinski definition) is 1. The molecule has 4 aliphatic rings. The number of ether oxygens (including phenoxy) is 1. The molecule has 4 fully saturated rings. The first-order valence-electron chi connectivity index (χ1n) is 14.3. The van der Waals surface area contributed by atoms with Crippen LogP contribution in [0, 0.1) is 46.3 Å². The minimum atomic E-state index is -4.53. The van der Waals surface area contributed by atoms with Crippen molar-refractivity contribution < 1.29 is 27.8 Å². The average molecular weight is 501 g/mol. The molecule has 0 aromatic heterocycles. The zero-order valence-corrected chi connectivity index (χ0v) is 22.4. The summed E-state index contributed by atoms with van der Waals surface area (Å²) in [5.41, 5.74) is -2.22. The van der Waals surface area contributed by atoms with Crippen LogP contribution in [-0.2, 0) is 9.53 Å². The van der Waals surface area contributed by atoms with Crippen molar-refractivity contribution in [3.63, 3.8) is 0 Å². The van der Waals surface area contributed by atoms with Gasteiger partial charge in [0.25, 0.3) is 0 Å². The SMILES string of the molecule is CCCCC(=O)O[C@]1(C(F)(F)F)CC[C@@]2(C)[C@H](CC[C@@H]3[C@@H]2CC[C@]2(C)[C@@H]([C@H](C)[C@@H](C)O)CC[C@@H]32)C1. The van der Waals surface area contributed by atoms with E-state index in [9.17, 15) is 23.1 Å². The van der Waals surface area contributed by atoms with Gasteiger partial charge >= 0.3 is 12.1 Å². The number of rotatable bonds is 6. The Balaban J connectivity index is 1.54. The van der Waals surface area contributed by atoms with E-state index in [4.69, 9.17) is 4.74 Å². The first-order valence-corrected chi connectivity index (χ1v) is 14.3.